The Kier molecular flexibility index (Phi) is 7.39. The summed E-state index contributed by atoms with van der Waals surface area (Å²) >= 11 is 0. The summed E-state index contributed by atoms with van der Waals surface area (Å²) in [6, 6.07) is 3.87. The van der Waals surface area contributed by atoms with Gasteiger partial charge in [-0.25, -0.2) is 22.5 Å². The van der Waals surface area contributed by atoms with E-state index in [2.05, 4.69) is 14.8 Å². The van der Waals surface area contributed by atoms with Crippen LogP contribution in [-0.2, 0) is 41.2 Å². The largest absolute Gasteiger partial charge is 0.494 e. The first-order valence-electron chi connectivity index (χ1n) is 11.5. The molecule has 0 fully saturated rings. The molecular formula is C24H31FN6O3S. The second-order valence-electron chi connectivity index (χ2n) is 8.71. The molecule has 0 saturated heterocycles. The number of hydrogen-bond acceptors (Lipinski definition) is 6. The summed E-state index contributed by atoms with van der Waals surface area (Å²) in [6.45, 7) is 2.76. The van der Waals surface area contributed by atoms with Crippen LogP contribution in [0.2, 0.25) is 0 Å². The Bertz CT molecular complexity index is 1390. The van der Waals surface area contributed by atoms with Crippen molar-refractivity contribution < 1.29 is 17.5 Å². The molecule has 4 rings (SSSR count). The molecule has 1 aliphatic carbocycles. The molecule has 0 saturated carbocycles. The predicted molar refractivity (Wildman–Crippen MR) is 132 cm³/mol. The average molecular weight is 503 g/mol. The van der Waals surface area contributed by atoms with E-state index in [9.17, 15) is 12.8 Å². The molecule has 0 aliphatic heterocycles. The first-order chi connectivity index (χ1) is 16.7. The van der Waals surface area contributed by atoms with Gasteiger partial charge in [-0.15, -0.1) is 0 Å². The zero-order chi connectivity index (χ0) is 25.2. The molecule has 0 spiro atoms. The van der Waals surface area contributed by atoms with Gasteiger partial charge < -0.3 is 14.9 Å². The van der Waals surface area contributed by atoms with Gasteiger partial charge in [-0.05, 0) is 37.6 Å². The molecule has 1 aliphatic rings. The minimum atomic E-state index is -3.35. The maximum absolute atomic E-state index is 14.9. The minimum absolute atomic E-state index is 0.0916. The third kappa shape index (κ3) is 5.63. The van der Waals surface area contributed by atoms with E-state index >= 15 is 0 Å². The molecule has 35 heavy (non-hydrogen) atoms. The van der Waals surface area contributed by atoms with Crippen LogP contribution in [0.15, 0.2) is 48.3 Å². The molecular weight excluding hydrogens is 471 g/mol. The number of rotatable bonds is 10. The molecule has 0 aromatic carbocycles. The Morgan fingerprint density at radius 3 is 2.86 bits per heavy atom. The zero-order valence-electron chi connectivity index (χ0n) is 20.2. The van der Waals surface area contributed by atoms with Gasteiger partial charge in [-0.3, -0.25) is 4.68 Å². The number of sulfonamides is 1. The topological polar surface area (TPSA) is 117 Å². The standard InChI is InChI=1S/C24H31FN6O3S/c1-16-19(22(29-30(16)2)14-28-35(3,32)33)10-12-34-24-20(5-4-6-21(24)25)17-7-8-23-27-13-18(9-11-26)31(23)15-17/h4,6-8,13,15,20,28H,5,9-12,14,26H2,1-3H3. The van der Waals surface area contributed by atoms with Crippen LogP contribution in [0.5, 0.6) is 0 Å². The van der Waals surface area contributed by atoms with Crippen LogP contribution in [0, 0.1) is 6.92 Å². The van der Waals surface area contributed by atoms with Crippen LogP contribution >= 0.6 is 0 Å². The maximum Gasteiger partial charge on any atom is 0.209 e. The number of hydrogen-bond donors (Lipinski definition) is 2. The monoisotopic (exact) mass is 502 g/mol. The summed E-state index contributed by atoms with van der Waals surface area (Å²) in [5.41, 5.74) is 10.9. The van der Waals surface area contributed by atoms with Crippen molar-refractivity contribution in [3.05, 3.63) is 76.5 Å². The summed E-state index contributed by atoms with van der Waals surface area (Å²) in [4.78, 5) is 4.41. The van der Waals surface area contributed by atoms with Crippen LogP contribution in [0.25, 0.3) is 5.65 Å². The van der Waals surface area contributed by atoms with Crippen molar-refractivity contribution in [2.45, 2.75) is 38.6 Å². The lowest BCUT2D eigenvalue weighted by Gasteiger charge is -2.23. The first kappa shape index (κ1) is 25.1. The number of aromatic nitrogens is 4. The van der Waals surface area contributed by atoms with E-state index in [4.69, 9.17) is 10.5 Å². The minimum Gasteiger partial charge on any atom is -0.494 e. The highest BCUT2D eigenvalue weighted by molar-refractivity contribution is 7.88. The van der Waals surface area contributed by atoms with Crippen molar-refractivity contribution in [2.75, 3.05) is 19.4 Å². The first-order valence-corrected chi connectivity index (χ1v) is 13.4. The second-order valence-corrected chi connectivity index (χ2v) is 10.5. The van der Waals surface area contributed by atoms with E-state index in [0.717, 1.165) is 34.4 Å². The molecule has 3 aromatic rings. The van der Waals surface area contributed by atoms with Crippen molar-refractivity contribution in [1.82, 2.24) is 23.9 Å². The highest BCUT2D eigenvalue weighted by Gasteiger charge is 2.25. The van der Waals surface area contributed by atoms with Gasteiger partial charge in [0.1, 0.15) is 11.4 Å². The predicted octanol–water partition coefficient (Wildman–Crippen LogP) is 2.41. The highest BCUT2D eigenvalue weighted by Crippen LogP contribution is 2.36. The molecule has 188 valence electrons. The van der Waals surface area contributed by atoms with Gasteiger partial charge in [0.25, 0.3) is 0 Å². The number of nitrogens with one attached hydrogen (secondary N) is 1. The number of pyridine rings is 1. The lowest BCUT2D eigenvalue weighted by Crippen LogP contribution is -2.22. The summed E-state index contributed by atoms with van der Waals surface area (Å²) in [7, 11) is -1.55. The van der Waals surface area contributed by atoms with E-state index in [-0.39, 0.29) is 19.1 Å². The van der Waals surface area contributed by atoms with Gasteiger partial charge in [-0.2, -0.15) is 5.10 Å². The smallest absolute Gasteiger partial charge is 0.209 e. The molecule has 1 atom stereocenters. The molecule has 0 bridgehead atoms. The van der Waals surface area contributed by atoms with Crippen molar-refractivity contribution in [2.24, 2.45) is 12.8 Å². The average Bonchev–Trinajstić information content (AvgIpc) is 3.33. The molecule has 1 unspecified atom stereocenters. The summed E-state index contributed by atoms with van der Waals surface area (Å²) in [5.74, 6) is -0.361. The molecule has 3 aromatic heterocycles. The third-order valence-electron chi connectivity index (χ3n) is 6.25. The van der Waals surface area contributed by atoms with Crippen molar-refractivity contribution in [3.8, 4) is 0 Å². The molecule has 9 nitrogen and oxygen atoms in total. The number of halogens is 1. The van der Waals surface area contributed by atoms with E-state index in [1.165, 1.54) is 6.08 Å². The van der Waals surface area contributed by atoms with E-state index < -0.39 is 15.9 Å². The van der Waals surface area contributed by atoms with Gasteiger partial charge in [0.05, 0.1) is 25.1 Å². The molecule has 3 heterocycles. The Morgan fingerprint density at radius 1 is 1.31 bits per heavy atom. The number of nitrogens with zero attached hydrogens (tertiary/aromatic N) is 4. The zero-order valence-corrected chi connectivity index (χ0v) is 21.0. The van der Waals surface area contributed by atoms with Crippen molar-refractivity contribution in [1.29, 1.82) is 0 Å². The number of imidazole rings is 1. The Balaban J connectivity index is 1.52. The highest BCUT2D eigenvalue weighted by atomic mass is 32.2. The Morgan fingerprint density at radius 2 is 2.11 bits per heavy atom. The van der Waals surface area contributed by atoms with Crippen LogP contribution < -0.4 is 10.5 Å². The third-order valence-corrected chi connectivity index (χ3v) is 6.92. The van der Waals surface area contributed by atoms with E-state index in [1.807, 2.05) is 41.9 Å². The fourth-order valence-corrected chi connectivity index (χ4v) is 4.76. The Hall–Kier alpha value is -3.02. The van der Waals surface area contributed by atoms with Gasteiger partial charge in [0.15, 0.2) is 5.83 Å². The summed E-state index contributed by atoms with van der Waals surface area (Å²) in [5, 5.41) is 4.42. The number of ether oxygens (including phenoxy) is 1. The number of nitrogens with two attached hydrogens (primary N) is 1. The van der Waals surface area contributed by atoms with E-state index in [1.54, 1.807) is 11.7 Å². The lowest BCUT2D eigenvalue weighted by molar-refractivity contribution is 0.184. The lowest BCUT2D eigenvalue weighted by atomic mass is 9.91. The van der Waals surface area contributed by atoms with Gasteiger partial charge >= 0.3 is 0 Å². The van der Waals surface area contributed by atoms with Gasteiger partial charge in [0, 0.05) is 55.2 Å². The number of fused-ring (bicyclic) bond motifs is 1. The van der Waals surface area contributed by atoms with Crippen LogP contribution in [0.4, 0.5) is 4.39 Å². The quantitative estimate of drug-likeness (QED) is 0.440. The van der Waals surface area contributed by atoms with Crippen LogP contribution in [0.1, 0.15) is 40.5 Å². The fraction of sp³-hybridized carbons (Fsp3) is 0.417. The van der Waals surface area contributed by atoms with Gasteiger partial charge in [-0.1, -0.05) is 12.1 Å². The van der Waals surface area contributed by atoms with Crippen molar-refractivity contribution in [3.63, 3.8) is 0 Å². The molecule has 11 heteroatoms. The second kappa shape index (κ2) is 10.3. The summed E-state index contributed by atoms with van der Waals surface area (Å²) < 4.78 is 50.2. The van der Waals surface area contributed by atoms with Crippen molar-refractivity contribution >= 4 is 15.7 Å². The SMILES string of the molecule is Cc1c(CCOC2=C(F)C=CCC2c2ccc3ncc(CCN)n3c2)c(CNS(C)(=O)=O)nn1C. The fourth-order valence-electron chi connectivity index (χ4n) is 4.36. The Labute approximate surface area is 204 Å². The van der Waals surface area contributed by atoms with Crippen LogP contribution in [-0.4, -0.2) is 47.0 Å². The molecule has 0 amide bonds. The number of allylic oxidation sites excluding steroid dienone is 4. The maximum atomic E-state index is 14.9. The summed E-state index contributed by atoms with van der Waals surface area (Å²) in [6.07, 6.45) is 9.94. The molecule has 0 radical (unpaired) electrons. The normalized spacial score (nSPS) is 16.4. The molecule has 3 N–H and O–H groups in total. The van der Waals surface area contributed by atoms with Crippen LogP contribution in [0.3, 0.4) is 0 Å². The number of aryl methyl sites for hydroxylation is 1. The van der Waals surface area contributed by atoms with Gasteiger partial charge in [0.2, 0.25) is 10.0 Å². The van der Waals surface area contributed by atoms with E-state index in [0.29, 0.717) is 37.3 Å².